The molecule has 1 saturated heterocycles. The highest BCUT2D eigenvalue weighted by Crippen LogP contribution is 2.35. The summed E-state index contributed by atoms with van der Waals surface area (Å²) in [4.78, 5) is 2.03. The van der Waals surface area contributed by atoms with E-state index < -0.39 is 12.1 Å². The number of halogens is 3. The largest absolute Gasteiger partial charge is 0.391 e. The van der Waals surface area contributed by atoms with Gasteiger partial charge in [-0.15, -0.1) is 0 Å². The number of hydrogen-bond acceptors (Lipinski definition) is 2. The Bertz CT molecular complexity index is 418. The van der Waals surface area contributed by atoms with Crippen LogP contribution < -0.4 is 10.2 Å². The van der Waals surface area contributed by atoms with Crippen LogP contribution in [0, 0.1) is 5.92 Å². The highest BCUT2D eigenvalue weighted by atomic mass is 19.4. The van der Waals surface area contributed by atoms with Crippen LogP contribution in [-0.4, -0.2) is 25.3 Å². The van der Waals surface area contributed by atoms with Crippen molar-refractivity contribution in [1.82, 2.24) is 0 Å². The number of hydrogen-bond donors (Lipinski definition) is 1. The molecule has 112 valence electrons. The molecule has 0 radical (unpaired) electrons. The van der Waals surface area contributed by atoms with Gasteiger partial charge < -0.3 is 10.2 Å². The third kappa shape index (κ3) is 3.81. The molecule has 0 aliphatic carbocycles. The molecule has 1 aliphatic rings. The van der Waals surface area contributed by atoms with Crippen LogP contribution in [0.3, 0.4) is 0 Å². The van der Waals surface area contributed by atoms with Crippen LogP contribution >= 0.6 is 0 Å². The molecule has 2 nitrogen and oxygen atoms in total. The molecule has 1 aliphatic heterocycles. The smallest absolute Gasteiger partial charge is 0.383 e. The lowest BCUT2D eigenvalue weighted by molar-refractivity contribution is -0.179. The molecule has 1 aromatic rings. The molecule has 2 rings (SSSR count). The minimum Gasteiger partial charge on any atom is -0.383 e. The molecule has 0 atom stereocenters. The molecule has 0 aromatic heterocycles. The van der Waals surface area contributed by atoms with Gasteiger partial charge in [0.05, 0.1) is 5.92 Å². The Morgan fingerprint density at radius 3 is 2.10 bits per heavy atom. The van der Waals surface area contributed by atoms with Gasteiger partial charge in [0.2, 0.25) is 0 Å². The van der Waals surface area contributed by atoms with Gasteiger partial charge in [0, 0.05) is 30.5 Å². The average molecular weight is 286 g/mol. The second kappa shape index (κ2) is 5.94. The predicted molar refractivity (Wildman–Crippen MR) is 76.2 cm³/mol. The lowest BCUT2D eigenvalue weighted by Crippen LogP contribution is -2.38. The minimum atomic E-state index is -4.04. The number of benzene rings is 1. The number of nitrogens with one attached hydrogen (secondary N) is 1. The first-order valence-corrected chi connectivity index (χ1v) is 7.04. The van der Waals surface area contributed by atoms with Gasteiger partial charge in [0.25, 0.3) is 0 Å². The Hall–Kier alpha value is -1.39. The van der Waals surface area contributed by atoms with Crippen molar-refractivity contribution in [2.45, 2.75) is 38.9 Å². The molecular formula is C15H21F3N2. The monoisotopic (exact) mass is 286 g/mol. The lowest BCUT2D eigenvalue weighted by Gasteiger charge is -2.34. The highest BCUT2D eigenvalue weighted by Gasteiger charge is 2.41. The van der Waals surface area contributed by atoms with Crippen molar-refractivity contribution in [3.63, 3.8) is 0 Å². The van der Waals surface area contributed by atoms with Crippen molar-refractivity contribution >= 4 is 11.4 Å². The van der Waals surface area contributed by atoms with Crippen LogP contribution in [0.15, 0.2) is 24.3 Å². The maximum Gasteiger partial charge on any atom is 0.391 e. The molecule has 0 bridgehead atoms. The summed E-state index contributed by atoms with van der Waals surface area (Å²) < 4.78 is 37.9. The van der Waals surface area contributed by atoms with Crippen molar-refractivity contribution in [3.05, 3.63) is 24.3 Å². The van der Waals surface area contributed by atoms with Crippen molar-refractivity contribution in [2.24, 2.45) is 5.92 Å². The molecule has 0 unspecified atom stereocenters. The van der Waals surface area contributed by atoms with Gasteiger partial charge >= 0.3 is 6.18 Å². The van der Waals surface area contributed by atoms with Gasteiger partial charge in [-0.1, -0.05) is 0 Å². The number of anilines is 2. The Morgan fingerprint density at radius 2 is 1.65 bits per heavy atom. The van der Waals surface area contributed by atoms with E-state index in [9.17, 15) is 13.2 Å². The lowest BCUT2D eigenvalue weighted by atomic mass is 9.96. The van der Waals surface area contributed by atoms with Crippen LogP contribution in [0.2, 0.25) is 0 Å². The summed E-state index contributed by atoms with van der Waals surface area (Å²) >= 11 is 0. The van der Waals surface area contributed by atoms with E-state index in [0.717, 1.165) is 11.4 Å². The Labute approximate surface area is 118 Å². The van der Waals surface area contributed by atoms with Crippen LogP contribution in [0.25, 0.3) is 0 Å². The zero-order valence-corrected chi connectivity index (χ0v) is 11.9. The number of rotatable bonds is 3. The fourth-order valence-corrected chi connectivity index (χ4v) is 2.57. The van der Waals surface area contributed by atoms with E-state index in [-0.39, 0.29) is 12.8 Å². The van der Waals surface area contributed by atoms with Gasteiger partial charge in [0.15, 0.2) is 0 Å². The standard InChI is InChI=1S/C15H21F3N2/c1-11(2)19-13-3-5-14(6-4-13)20-9-7-12(8-10-20)15(16,17)18/h3-6,11-12,19H,7-10H2,1-2H3. The fourth-order valence-electron chi connectivity index (χ4n) is 2.57. The van der Waals surface area contributed by atoms with Gasteiger partial charge in [-0.25, -0.2) is 0 Å². The van der Waals surface area contributed by atoms with E-state index in [2.05, 4.69) is 19.2 Å². The van der Waals surface area contributed by atoms with Gasteiger partial charge in [-0.3, -0.25) is 0 Å². The third-order valence-electron chi connectivity index (χ3n) is 3.65. The zero-order chi connectivity index (χ0) is 14.8. The molecule has 1 heterocycles. The number of alkyl halides is 3. The molecule has 5 heteroatoms. The molecule has 1 fully saturated rings. The zero-order valence-electron chi connectivity index (χ0n) is 11.9. The maximum atomic E-state index is 12.6. The second-order valence-corrected chi connectivity index (χ2v) is 5.65. The SMILES string of the molecule is CC(C)Nc1ccc(N2CCC(C(F)(F)F)CC2)cc1. The molecule has 1 N–H and O–H groups in total. The fraction of sp³-hybridized carbons (Fsp3) is 0.600. The van der Waals surface area contributed by atoms with E-state index in [1.807, 2.05) is 29.2 Å². The van der Waals surface area contributed by atoms with Crippen molar-refractivity contribution in [1.29, 1.82) is 0 Å². The Balaban J connectivity index is 1.94. The van der Waals surface area contributed by atoms with E-state index in [1.165, 1.54) is 0 Å². The van der Waals surface area contributed by atoms with Gasteiger partial charge in [-0.05, 0) is 51.0 Å². The summed E-state index contributed by atoms with van der Waals surface area (Å²) in [7, 11) is 0. The predicted octanol–water partition coefficient (Wildman–Crippen LogP) is 4.29. The summed E-state index contributed by atoms with van der Waals surface area (Å²) in [6, 6.07) is 8.26. The Morgan fingerprint density at radius 1 is 1.10 bits per heavy atom. The van der Waals surface area contributed by atoms with E-state index >= 15 is 0 Å². The van der Waals surface area contributed by atoms with Crippen molar-refractivity contribution in [3.8, 4) is 0 Å². The topological polar surface area (TPSA) is 15.3 Å². The Kier molecular flexibility index (Phi) is 4.45. The van der Waals surface area contributed by atoms with Crippen LogP contribution in [-0.2, 0) is 0 Å². The summed E-state index contributed by atoms with van der Waals surface area (Å²) in [5, 5.41) is 3.29. The quantitative estimate of drug-likeness (QED) is 0.892. The third-order valence-corrected chi connectivity index (χ3v) is 3.65. The van der Waals surface area contributed by atoms with E-state index in [0.29, 0.717) is 19.1 Å². The van der Waals surface area contributed by atoms with Crippen LogP contribution in [0.5, 0.6) is 0 Å². The molecular weight excluding hydrogens is 265 g/mol. The summed E-state index contributed by atoms with van der Waals surface area (Å²) in [5.41, 5.74) is 2.04. The van der Waals surface area contributed by atoms with Crippen molar-refractivity contribution < 1.29 is 13.2 Å². The van der Waals surface area contributed by atoms with Crippen molar-refractivity contribution in [2.75, 3.05) is 23.3 Å². The second-order valence-electron chi connectivity index (χ2n) is 5.65. The van der Waals surface area contributed by atoms with Gasteiger partial charge in [-0.2, -0.15) is 13.2 Å². The van der Waals surface area contributed by atoms with Crippen LogP contribution in [0.4, 0.5) is 24.5 Å². The molecule has 0 saturated carbocycles. The summed E-state index contributed by atoms with van der Waals surface area (Å²) in [5.74, 6) is -1.14. The maximum absolute atomic E-state index is 12.6. The molecule has 1 aromatic carbocycles. The first-order valence-electron chi connectivity index (χ1n) is 7.04. The summed E-state index contributed by atoms with van der Waals surface area (Å²) in [6.45, 7) is 5.08. The van der Waals surface area contributed by atoms with E-state index in [1.54, 1.807) is 0 Å². The van der Waals surface area contributed by atoms with Gasteiger partial charge in [0.1, 0.15) is 0 Å². The summed E-state index contributed by atoms with van der Waals surface area (Å²) in [6.07, 6.45) is -3.66. The molecule has 20 heavy (non-hydrogen) atoms. The number of piperidine rings is 1. The normalized spacial score (nSPS) is 17.6. The average Bonchev–Trinajstić information content (AvgIpc) is 2.38. The first kappa shape index (κ1) is 15.0. The molecule has 0 spiro atoms. The highest BCUT2D eigenvalue weighted by molar-refractivity contribution is 5.55. The minimum absolute atomic E-state index is 0.190. The van der Waals surface area contributed by atoms with Crippen LogP contribution in [0.1, 0.15) is 26.7 Å². The number of nitrogens with zero attached hydrogens (tertiary/aromatic N) is 1. The first-order chi connectivity index (χ1) is 9.36. The molecule has 0 amide bonds. The van der Waals surface area contributed by atoms with E-state index in [4.69, 9.17) is 0 Å².